The Morgan fingerprint density at radius 3 is 2.07 bits per heavy atom. The molecule has 0 amide bonds. The number of carboxylic acid groups (broad SMARTS) is 1. The van der Waals surface area contributed by atoms with Gasteiger partial charge in [-0.05, 0) is 33.2 Å². The maximum Gasteiger partial charge on any atom is 0.320 e. The topological polar surface area (TPSA) is 86.6 Å². The van der Waals surface area contributed by atoms with Gasteiger partial charge in [-0.15, -0.1) is 0 Å². The van der Waals surface area contributed by atoms with Crippen LogP contribution < -0.4 is 5.32 Å². The molecule has 3 N–H and O–H groups in total. The lowest BCUT2D eigenvalue weighted by Crippen LogP contribution is -2.37. The van der Waals surface area contributed by atoms with Gasteiger partial charge in [-0.25, -0.2) is 0 Å². The smallest absolute Gasteiger partial charge is 0.320 e. The Balaban J connectivity index is 0. The average molecular weight is 219 g/mol. The molecular weight excluding hydrogens is 198 g/mol. The van der Waals surface area contributed by atoms with Crippen LogP contribution in [0.15, 0.2) is 0 Å². The third-order valence-corrected chi connectivity index (χ3v) is 1.36. The Bertz CT molecular complexity index is 178. The average Bonchev–Trinajstić information content (AvgIpc) is 2.10. The molecule has 0 saturated heterocycles. The van der Waals surface area contributed by atoms with E-state index in [1.807, 2.05) is 6.92 Å². The number of ketones is 1. The highest BCUT2D eigenvalue weighted by atomic mass is 16.4. The number of carbonyl (C=O) groups is 2. The number of aliphatic hydroxyl groups is 1. The summed E-state index contributed by atoms with van der Waals surface area (Å²) in [6.07, 6.45) is 1.17. The monoisotopic (exact) mass is 219 g/mol. The van der Waals surface area contributed by atoms with E-state index in [9.17, 15) is 9.59 Å². The second-order valence-corrected chi connectivity index (χ2v) is 3.27. The second-order valence-electron chi connectivity index (χ2n) is 3.27. The van der Waals surface area contributed by atoms with Crippen molar-refractivity contribution in [3.8, 4) is 0 Å². The Hall–Kier alpha value is -0.940. The van der Waals surface area contributed by atoms with Gasteiger partial charge in [-0.1, -0.05) is 6.92 Å². The van der Waals surface area contributed by atoms with E-state index < -0.39 is 12.0 Å². The molecule has 0 saturated carbocycles. The van der Waals surface area contributed by atoms with Crippen molar-refractivity contribution in [2.75, 3.05) is 13.2 Å². The molecule has 0 aromatic carbocycles. The molecule has 0 spiro atoms. The maximum absolute atomic E-state index is 10.4. The third kappa shape index (κ3) is 15.8. The molecule has 90 valence electrons. The van der Waals surface area contributed by atoms with Crippen molar-refractivity contribution in [3.05, 3.63) is 0 Å². The first-order chi connectivity index (χ1) is 6.95. The minimum absolute atomic E-state index is 0.0896. The Kier molecular flexibility index (Phi) is 12.2. The quantitative estimate of drug-likeness (QED) is 0.602. The van der Waals surface area contributed by atoms with E-state index in [0.29, 0.717) is 6.54 Å². The number of aliphatic carboxylic acids is 1. The van der Waals surface area contributed by atoms with Gasteiger partial charge in [0.1, 0.15) is 11.8 Å². The number of hydrogen-bond donors (Lipinski definition) is 3. The van der Waals surface area contributed by atoms with Crippen LogP contribution in [0, 0.1) is 0 Å². The SMILES string of the molecule is CC(C)=O.CCCN[C@@H](CCO)C(=O)O. The van der Waals surface area contributed by atoms with E-state index in [1.165, 1.54) is 13.8 Å². The summed E-state index contributed by atoms with van der Waals surface area (Å²) in [6, 6.07) is -0.597. The van der Waals surface area contributed by atoms with Crippen LogP contribution in [0.1, 0.15) is 33.6 Å². The summed E-state index contributed by atoms with van der Waals surface area (Å²) in [5.41, 5.74) is 0. The number of hydrogen-bond acceptors (Lipinski definition) is 4. The van der Waals surface area contributed by atoms with Gasteiger partial charge in [0.25, 0.3) is 0 Å². The lowest BCUT2D eigenvalue weighted by atomic mass is 10.2. The molecule has 0 aromatic rings. The summed E-state index contributed by atoms with van der Waals surface area (Å²) in [6.45, 7) is 5.61. The summed E-state index contributed by atoms with van der Waals surface area (Å²) in [5.74, 6) is -0.729. The molecule has 0 unspecified atom stereocenters. The summed E-state index contributed by atoms with van der Waals surface area (Å²) >= 11 is 0. The molecule has 1 atom stereocenters. The van der Waals surface area contributed by atoms with Gasteiger partial charge >= 0.3 is 5.97 Å². The predicted octanol–water partition coefficient (Wildman–Crippen LogP) is 0.417. The van der Waals surface area contributed by atoms with Crippen molar-refractivity contribution >= 4 is 11.8 Å². The fourth-order valence-electron chi connectivity index (χ4n) is 0.761. The molecule has 0 bridgehead atoms. The fourth-order valence-corrected chi connectivity index (χ4v) is 0.761. The van der Waals surface area contributed by atoms with E-state index in [-0.39, 0.29) is 18.8 Å². The van der Waals surface area contributed by atoms with Crippen molar-refractivity contribution in [1.82, 2.24) is 5.32 Å². The zero-order valence-electron chi connectivity index (χ0n) is 9.62. The second kappa shape index (κ2) is 11.1. The Morgan fingerprint density at radius 1 is 1.33 bits per heavy atom. The molecule has 0 aliphatic heterocycles. The van der Waals surface area contributed by atoms with Gasteiger partial charge in [-0.2, -0.15) is 0 Å². The number of carbonyl (C=O) groups excluding carboxylic acids is 1. The van der Waals surface area contributed by atoms with Gasteiger partial charge in [-0.3, -0.25) is 4.79 Å². The normalized spacial score (nSPS) is 11.2. The maximum atomic E-state index is 10.4. The highest BCUT2D eigenvalue weighted by Crippen LogP contribution is 1.90. The fraction of sp³-hybridized carbons (Fsp3) is 0.800. The standard InChI is InChI=1S/C7H15NO3.C3H6O/c1-2-4-8-6(3-5-9)7(10)11;1-3(2)4/h6,8-9H,2-5H2,1H3,(H,10,11);1-2H3/t6-;/m0./s1. The van der Waals surface area contributed by atoms with Crippen molar-refractivity contribution in [1.29, 1.82) is 0 Å². The van der Waals surface area contributed by atoms with Gasteiger partial charge in [0.05, 0.1) is 0 Å². The van der Waals surface area contributed by atoms with Gasteiger partial charge < -0.3 is 20.3 Å². The van der Waals surface area contributed by atoms with Crippen LogP contribution in [0.25, 0.3) is 0 Å². The number of Topliss-reactive ketones (excluding diaryl/α,β-unsaturated/α-hetero) is 1. The van der Waals surface area contributed by atoms with E-state index in [1.54, 1.807) is 0 Å². The van der Waals surface area contributed by atoms with E-state index in [4.69, 9.17) is 10.2 Å². The lowest BCUT2D eigenvalue weighted by Gasteiger charge is -2.11. The molecule has 0 rings (SSSR count). The van der Waals surface area contributed by atoms with Crippen LogP contribution in [0.4, 0.5) is 0 Å². The summed E-state index contributed by atoms with van der Waals surface area (Å²) in [5, 5.41) is 19.8. The van der Waals surface area contributed by atoms with Crippen LogP contribution in [-0.4, -0.2) is 41.2 Å². The first-order valence-electron chi connectivity index (χ1n) is 4.99. The minimum atomic E-state index is -0.896. The molecule has 5 nitrogen and oxygen atoms in total. The van der Waals surface area contributed by atoms with Crippen LogP contribution >= 0.6 is 0 Å². The lowest BCUT2D eigenvalue weighted by molar-refractivity contribution is -0.139. The van der Waals surface area contributed by atoms with E-state index >= 15 is 0 Å². The van der Waals surface area contributed by atoms with Crippen LogP contribution in [0.5, 0.6) is 0 Å². The summed E-state index contributed by atoms with van der Waals surface area (Å²) in [7, 11) is 0. The van der Waals surface area contributed by atoms with Gasteiger partial charge in [0.2, 0.25) is 0 Å². The van der Waals surface area contributed by atoms with Gasteiger partial charge in [0, 0.05) is 6.61 Å². The Labute approximate surface area is 90.5 Å². The number of nitrogens with one attached hydrogen (secondary N) is 1. The molecule has 0 heterocycles. The third-order valence-electron chi connectivity index (χ3n) is 1.36. The summed E-state index contributed by atoms with van der Waals surface area (Å²) < 4.78 is 0. The molecule has 0 aromatic heterocycles. The molecular formula is C10H21NO4. The highest BCUT2D eigenvalue weighted by molar-refractivity contribution is 5.73. The molecule has 0 radical (unpaired) electrons. The highest BCUT2D eigenvalue weighted by Gasteiger charge is 2.14. The largest absolute Gasteiger partial charge is 0.480 e. The molecule has 0 aliphatic rings. The number of aliphatic hydroxyl groups excluding tert-OH is 1. The van der Waals surface area contributed by atoms with E-state index in [0.717, 1.165) is 6.42 Å². The van der Waals surface area contributed by atoms with Crippen molar-refractivity contribution in [2.45, 2.75) is 39.7 Å². The summed E-state index contributed by atoms with van der Waals surface area (Å²) in [4.78, 5) is 19.9. The zero-order valence-corrected chi connectivity index (χ0v) is 9.62. The predicted molar refractivity (Wildman–Crippen MR) is 57.8 cm³/mol. The number of rotatable bonds is 6. The van der Waals surface area contributed by atoms with Crippen molar-refractivity contribution in [3.63, 3.8) is 0 Å². The van der Waals surface area contributed by atoms with Crippen LogP contribution in [0.2, 0.25) is 0 Å². The van der Waals surface area contributed by atoms with Crippen molar-refractivity contribution in [2.24, 2.45) is 0 Å². The molecule has 5 heteroatoms. The molecule has 15 heavy (non-hydrogen) atoms. The first-order valence-corrected chi connectivity index (χ1v) is 4.99. The molecule has 0 fully saturated rings. The van der Waals surface area contributed by atoms with Crippen molar-refractivity contribution < 1.29 is 19.8 Å². The number of carboxylic acids is 1. The Morgan fingerprint density at radius 2 is 1.80 bits per heavy atom. The van der Waals surface area contributed by atoms with Crippen LogP contribution in [-0.2, 0) is 9.59 Å². The van der Waals surface area contributed by atoms with Crippen LogP contribution in [0.3, 0.4) is 0 Å². The van der Waals surface area contributed by atoms with Gasteiger partial charge in [0.15, 0.2) is 0 Å². The minimum Gasteiger partial charge on any atom is -0.480 e. The zero-order chi connectivity index (χ0) is 12.3. The molecule has 0 aliphatic carbocycles. The first kappa shape index (κ1) is 16.5. The van der Waals surface area contributed by atoms with E-state index in [2.05, 4.69) is 5.32 Å².